The molecule has 0 unspecified atom stereocenters. The number of ether oxygens (including phenoxy) is 2. The molecular formula is C21H25F2NO3. The zero-order chi connectivity index (χ0) is 20.0. The first-order valence-corrected chi connectivity index (χ1v) is 8.91. The van der Waals surface area contributed by atoms with E-state index in [9.17, 15) is 13.6 Å². The van der Waals surface area contributed by atoms with E-state index in [0.29, 0.717) is 11.3 Å². The average Bonchev–Trinajstić information content (AvgIpc) is 2.60. The molecule has 0 bridgehead atoms. The highest BCUT2D eigenvalue weighted by atomic mass is 19.3. The summed E-state index contributed by atoms with van der Waals surface area (Å²) in [5.74, 6) is 0.955. The molecule has 0 saturated heterocycles. The van der Waals surface area contributed by atoms with Crippen LogP contribution >= 0.6 is 0 Å². The zero-order valence-electron chi connectivity index (χ0n) is 16.0. The first-order valence-electron chi connectivity index (χ1n) is 8.91. The van der Waals surface area contributed by atoms with Crippen LogP contribution in [0.3, 0.4) is 0 Å². The van der Waals surface area contributed by atoms with Gasteiger partial charge in [-0.25, -0.2) is 4.79 Å². The molecule has 0 aliphatic heterocycles. The van der Waals surface area contributed by atoms with E-state index in [1.54, 1.807) is 6.07 Å². The summed E-state index contributed by atoms with van der Waals surface area (Å²) in [4.78, 5) is 11.6. The van der Waals surface area contributed by atoms with E-state index in [2.05, 4.69) is 23.0 Å². The van der Waals surface area contributed by atoms with Crippen molar-refractivity contribution in [3.05, 3.63) is 58.7 Å². The smallest absolute Gasteiger partial charge is 0.416 e. The molecule has 146 valence electrons. The van der Waals surface area contributed by atoms with Crippen molar-refractivity contribution in [1.29, 1.82) is 0 Å². The van der Waals surface area contributed by atoms with Crippen molar-refractivity contribution in [1.82, 2.24) is 0 Å². The first kappa shape index (κ1) is 20.7. The van der Waals surface area contributed by atoms with Gasteiger partial charge in [-0.1, -0.05) is 45.0 Å². The maximum Gasteiger partial charge on any atom is 0.416 e. The van der Waals surface area contributed by atoms with Crippen LogP contribution in [0.2, 0.25) is 0 Å². The quantitative estimate of drug-likeness (QED) is 0.641. The highest BCUT2D eigenvalue weighted by molar-refractivity contribution is 5.85. The zero-order valence-corrected chi connectivity index (χ0v) is 16.0. The normalized spacial score (nSPS) is 11.0. The van der Waals surface area contributed by atoms with Crippen LogP contribution in [0.15, 0.2) is 36.4 Å². The van der Waals surface area contributed by atoms with E-state index in [1.807, 2.05) is 45.0 Å². The molecule has 0 atom stereocenters. The first-order chi connectivity index (χ1) is 12.8. The lowest BCUT2D eigenvalue weighted by Gasteiger charge is -2.16. The Balaban J connectivity index is 2.20. The highest BCUT2D eigenvalue weighted by Crippen LogP contribution is 2.26. The molecule has 0 radical (unpaired) electrons. The van der Waals surface area contributed by atoms with Crippen LogP contribution in [0.4, 0.5) is 19.3 Å². The number of nitrogens with one attached hydrogen (secondary N) is 1. The Morgan fingerprint density at radius 3 is 2.48 bits per heavy atom. The van der Waals surface area contributed by atoms with Gasteiger partial charge in [-0.15, -0.1) is 0 Å². The van der Waals surface area contributed by atoms with Gasteiger partial charge in [0.2, 0.25) is 0 Å². The van der Waals surface area contributed by atoms with Crippen molar-refractivity contribution in [2.75, 3.05) is 5.32 Å². The summed E-state index contributed by atoms with van der Waals surface area (Å²) in [7, 11) is 0. The molecule has 0 fully saturated rings. The highest BCUT2D eigenvalue weighted by Gasteiger charge is 2.15. The third-order valence-corrected chi connectivity index (χ3v) is 4.26. The van der Waals surface area contributed by atoms with Crippen molar-refractivity contribution >= 4 is 11.8 Å². The Labute approximate surface area is 158 Å². The molecule has 2 aromatic rings. The molecule has 0 aliphatic rings. The fourth-order valence-electron chi connectivity index (χ4n) is 2.66. The van der Waals surface area contributed by atoms with Gasteiger partial charge in [-0.05, 0) is 48.1 Å². The van der Waals surface area contributed by atoms with Gasteiger partial charge in [0.25, 0.3) is 0 Å². The number of alkyl halides is 2. The van der Waals surface area contributed by atoms with Crippen LogP contribution in [0.25, 0.3) is 0 Å². The third kappa shape index (κ3) is 5.94. The molecule has 4 nitrogen and oxygen atoms in total. The van der Waals surface area contributed by atoms with Crippen molar-refractivity contribution in [2.24, 2.45) is 0 Å². The van der Waals surface area contributed by atoms with Crippen LogP contribution in [-0.2, 0) is 17.8 Å². The molecule has 27 heavy (non-hydrogen) atoms. The lowest BCUT2D eigenvalue weighted by molar-refractivity contribution is -0.0766. The molecule has 0 spiro atoms. The summed E-state index contributed by atoms with van der Waals surface area (Å²) in [6.45, 7) is 5.08. The summed E-state index contributed by atoms with van der Waals surface area (Å²) in [6.07, 6.45) is -0.256. The SMILES string of the molecule is CCc1ccc(OCc2ccc(C(C)C)cc2NC(=O)OC(F)F)c(C)c1. The largest absolute Gasteiger partial charge is 0.489 e. The Morgan fingerprint density at radius 1 is 1.15 bits per heavy atom. The standard InChI is InChI=1S/C21H25F2NO3/c1-5-15-6-9-19(14(4)10-15)26-12-17-8-7-16(13(2)3)11-18(17)24-21(25)27-20(22)23/h6-11,13,20H,5,12H2,1-4H3,(H,24,25). The van der Waals surface area contributed by atoms with Gasteiger partial charge < -0.3 is 9.47 Å². The Morgan fingerprint density at radius 2 is 1.89 bits per heavy atom. The van der Waals surface area contributed by atoms with Crippen LogP contribution < -0.4 is 10.1 Å². The van der Waals surface area contributed by atoms with Crippen molar-refractivity contribution < 1.29 is 23.0 Å². The second-order valence-electron chi connectivity index (χ2n) is 6.60. The van der Waals surface area contributed by atoms with Gasteiger partial charge in [0.05, 0.1) is 5.69 Å². The predicted octanol–water partition coefficient (Wildman–Crippen LogP) is 6.03. The number of benzene rings is 2. The monoisotopic (exact) mass is 377 g/mol. The summed E-state index contributed by atoms with van der Waals surface area (Å²) in [5, 5.41) is 2.39. The molecule has 1 amide bonds. The van der Waals surface area contributed by atoms with Gasteiger partial charge in [0.1, 0.15) is 12.4 Å². The number of anilines is 1. The number of aryl methyl sites for hydroxylation is 2. The molecule has 0 aromatic heterocycles. The van der Waals surface area contributed by atoms with E-state index >= 15 is 0 Å². The van der Waals surface area contributed by atoms with E-state index < -0.39 is 12.7 Å². The fourth-order valence-corrected chi connectivity index (χ4v) is 2.66. The minimum atomic E-state index is -3.17. The molecular weight excluding hydrogens is 352 g/mol. The fraction of sp³-hybridized carbons (Fsp3) is 0.381. The Hall–Kier alpha value is -2.63. The van der Waals surface area contributed by atoms with Crippen LogP contribution in [-0.4, -0.2) is 12.7 Å². The Kier molecular flexibility index (Phi) is 7.16. The second kappa shape index (κ2) is 9.35. The summed E-state index contributed by atoms with van der Waals surface area (Å²) < 4.78 is 34.3. The van der Waals surface area contributed by atoms with Gasteiger partial charge in [0.15, 0.2) is 0 Å². The number of carbonyl (C=O) groups excluding carboxylic acids is 1. The second-order valence-corrected chi connectivity index (χ2v) is 6.60. The van der Waals surface area contributed by atoms with Crippen molar-refractivity contribution in [3.63, 3.8) is 0 Å². The third-order valence-electron chi connectivity index (χ3n) is 4.26. The number of carbonyl (C=O) groups is 1. The molecule has 0 saturated carbocycles. The molecule has 2 rings (SSSR count). The van der Waals surface area contributed by atoms with Crippen LogP contribution in [0.1, 0.15) is 48.9 Å². The molecule has 6 heteroatoms. The number of amides is 1. The lowest BCUT2D eigenvalue weighted by Crippen LogP contribution is -2.18. The average molecular weight is 377 g/mol. The number of hydrogen-bond donors (Lipinski definition) is 1. The van der Waals surface area contributed by atoms with Crippen molar-refractivity contribution in [2.45, 2.75) is 53.3 Å². The van der Waals surface area contributed by atoms with Crippen molar-refractivity contribution in [3.8, 4) is 5.75 Å². The number of rotatable bonds is 7. The van der Waals surface area contributed by atoms with Gasteiger partial charge >= 0.3 is 12.7 Å². The van der Waals surface area contributed by atoms with E-state index in [4.69, 9.17) is 4.74 Å². The van der Waals surface area contributed by atoms with Crippen LogP contribution in [0.5, 0.6) is 5.75 Å². The maximum absolute atomic E-state index is 12.3. The van der Waals surface area contributed by atoms with Gasteiger partial charge in [-0.3, -0.25) is 5.32 Å². The van der Waals surface area contributed by atoms with E-state index in [1.165, 1.54) is 5.56 Å². The van der Waals surface area contributed by atoms with E-state index in [0.717, 1.165) is 23.3 Å². The molecule has 1 N–H and O–H groups in total. The topological polar surface area (TPSA) is 47.6 Å². The summed E-state index contributed by atoms with van der Waals surface area (Å²) in [5.41, 5.74) is 4.27. The Bertz CT molecular complexity index is 791. The summed E-state index contributed by atoms with van der Waals surface area (Å²) >= 11 is 0. The minimum absolute atomic E-state index is 0.189. The van der Waals surface area contributed by atoms with Gasteiger partial charge in [-0.2, -0.15) is 8.78 Å². The summed E-state index contributed by atoms with van der Waals surface area (Å²) in [6, 6.07) is 11.5. The minimum Gasteiger partial charge on any atom is -0.489 e. The molecule has 0 heterocycles. The lowest BCUT2D eigenvalue weighted by atomic mass is 10.0. The molecule has 2 aromatic carbocycles. The van der Waals surface area contributed by atoms with Crippen LogP contribution in [0, 0.1) is 6.92 Å². The maximum atomic E-state index is 12.3. The predicted molar refractivity (Wildman–Crippen MR) is 102 cm³/mol. The van der Waals surface area contributed by atoms with E-state index in [-0.39, 0.29) is 12.5 Å². The van der Waals surface area contributed by atoms with Gasteiger partial charge in [0, 0.05) is 5.56 Å². The number of hydrogen-bond acceptors (Lipinski definition) is 3. The number of halogens is 2. The molecule has 0 aliphatic carbocycles.